The van der Waals surface area contributed by atoms with E-state index < -0.39 is 22.7 Å². The minimum absolute atomic E-state index is 0. The van der Waals surface area contributed by atoms with E-state index in [1.165, 1.54) is 6.07 Å². The van der Waals surface area contributed by atoms with Gasteiger partial charge in [0.25, 0.3) is 0 Å². The summed E-state index contributed by atoms with van der Waals surface area (Å²) in [4.78, 5) is 12.1. The van der Waals surface area contributed by atoms with E-state index in [9.17, 15) is 30.3 Å². The number of phenols is 4. The van der Waals surface area contributed by atoms with Crippen LogP contribution in [0.5, 0.6) is 28.7 Å². The summed E-state index contributed by atoms with van der Waals surface area (Å²) in [6.07, 6.45) is 0. The van der Waals surface area contributed by atoms with E-state index in [1.54, 1.807) is 0 Å². The smallest absolute Gasteiger partial charge is 0.238 e. The molecule has 5 N–H and O–H groups in total. The summed E-state index contributed by atoms with van der Waals surface area (Å²) in [7, 11) is 0. The average Bonchev–Trinajstić information content (AvgIpc) is 2.45. The first-order valence-corrected chi connectivity index (χ1v) is 6.12. The van der Waals surface area contributed by atoms with Gasteiger partial charge in [0.2, 0.25) is 11.2 Å². The van der Waals surface area contributed by atoms with Crippen LogP contribution in [0.15, 0.2) is 39.5 Å². The van der Waals surface area contributed by atoms with Crippen molar-refractivity contribution in [3.8, 4) is 40.1 Å². The van der Waals surface area contributed by atoms with Crippen LogP contribution in [0.4, 0.5) is 0 Å². The number of hydrogen-bond acceptors (Lipinski definition) is 7. The van der Waals surface area contributed by atoms with Crippen LogP contribution in [-0.4, -0.2) is 25.5 Å². The topological polar surface area (TPSA) is 131 Å². The van der Waals surface area contributed by atoms with Gasteiger partial charge in [-0.3, -0.25) is 4.79 Å². The van der Waals surface area contributed by atoms with Gasteiger partial charge in [-0.1, -0.05) is 0 Å². The summed E-state index contributed by atoms with van der Waals surface area (Å²) >= 11 is 0. The Morgan fingerprint density at radius 2 is 1.52 bits per heavy atom. The van der Waals surface area contributed by atoms with Gasteiger partial charge in [-0.2, -0.15) is 0 Å². The van der Waals surface area contributed by atoms with Gasteiger partial charge < -0.3 is 29.9 Å². The van der Waals surface area contributed by atoms with E-state index >= 15 is 0 Å². The molecule has 23 heavy (non-hydrogen) atoms. The van der Waals surface area contributed by atoms with Gasteiger partial charge in [0.1, 0.15) is 22.5 Å². The molecule has 3 aromatic rings. The van der Waals surface area contributed by atoms with Crippen LogP contribution in [0, 0.1) is 0 Å². The van der Waals surface area contributed by atoms with E-state index in [4.69, 9.17) is 4.42 Å². The number of benzene rings is 2. The van der Waals surface area contributed by atoms with Crippen molar-refractivity contribution in [3.05, 3.63) is 40.6 Å². The second-order valence-electron chi connectivity index (χ2n) is 4.65. The standard InChI is InChI=1S/C15H10O7.Mn/c16-7-4-10(19)12-11(5-7)22-15(14(21)13(12)20)6-1-2-8(17)9(18)3-6;/h1-5,16-19,21H;. The average molecular weight is 357 g/mol. The predicted octanol–water partition coefficient (Wildman–Crippen LogP) is 1.99. The SMILES string of the molecule is O=c1c(O)c(-c2ccc(O)c(O)c2)oc2cc(O)cc(O)c12.[Mn]. The molecule has 0 bridgehead atoms. The largest absolute Gasteiger partial charge is 0.508 e. The number of hydrogen-bond donors (Lipinski definition) is 5. The molecule has 0 aliphatic rings. The monoisotopic (exact) mass is 357 g/mol. The van der Waals surface area contributed by atoms with Gasteiger partial charge in [0, 0.05) is 34.8 Å². The Morgan fingerprint density at radius 3 is 2.17 bits per heavy atom. The maximum atomic E-state index is 12.1. The van der Waals surface area contributed by atoms with Crippen LogP contribution in [0.25, 0.3) is 22.3 Å². The Bertz CT molecular complexity index is 962. The van der Waals surface area contributed by atoms with E-state index in [0.29, 0.717) is 0 Å². The van der Waals surface area contributed by atoms with Gasteiger partial charge in [0.05, 0.1) is 0 Å². The molecule has 0 atom stereocenters. The minimum atomic E-state index is -0.888. The van der Waals surface area contributed by atoms with Crippen LogP contribution in [0.2, 0.25) is 0 Å². The summed E-state index contributed by atoms with van der Waals surface area (Å²) < 4.78 is 5.35. The van der Waals surface area contributed by atoms with Crippen molar-refractivity contribution in [2.24, 2.45) is 0 Å². The van der Waals surface area contributed by atoms with Gasteiger partial charge >= 0.3 is 0 Å². The zero-order chi connectivity index (χ0) is 16.0. The predicted molar refractivity (Wildman–Crippen MR) is 76.2 cm³/mol. The molecule has 3 rings (SSSR count). The van der Waals surface area contributed by atoms with Crippen molar-refractivity contribution >= 4 is 11.0 Å². The molecule has 0 fully saturated rings. The molecule has 0 aliphatic carbocycles. The van der Waals surface area contributed by atoms with Crippen LogP contribution < -0.4 is 5.43 Å². The maximum absolute atomic E-state index is 12.1. The van der Waals surface area contributed by atoms with Crippen LogP contribution in [-0.2, 0) is 17.1 Å². The Morgan fingerprint density at radius 1 is 0.826 bits per heavy atom. The van der Waals surface area contributed by atoms with Crippen molar-refractivity contribution in [2.75, 3.05) is 0 Å². The third-order valence-electron chi connectivity index (χ3n) is 3.17. The fourth-order valence-corrected chi connectivity index (χ4v) is 2.14. The molecule has 0 spiro atoms. The molecule has 0 saturated carbocycles. The third-order valence-corrected chi connectivity index (χ3v) is 3.17. The van der Waals surface area contributed by atoms with E-state index in [2.05, 4.69) is 0 Å². The van der Waals surface area contributed by atoms with Crippen LogP contribution in [0.1, 0.15) is 0 Å². The van der Waals surface area contributed by atoms with E-state index in [1.807, 2.05) is 0 Å². The molecular formula is C15H10MnO7. The van der Waals surface area contributed by atoms with E-state index in [0.717, 1.165) is 24.3 Å². The summed E-state index contributed by atoms with van der Waals surface area (Å²) in [5, 5.41) is 47.6. The molecule has 7 nitrogen and oxygen atoms in total. The summed E-state index contributed by atoms with van der Waals surface area (Å²) in [6, 6.07) is 5.64. The van der Waals surface area contributed by atoms with Crippen molar-refractivity contribution in [1.29, 1.82) is 0 Å². The molecule has 0 aliphatic heterocycles. The van der Waals surface area contributed by atoms with Crippen molar-refractivity contribution in [2.45, 2.75) is 0 Å². The first-order chi connectivity index (χ1) is 10.4. The Kier molecular flexibility index (Phi) is 4.14. The minimum Gasteiger partial charge on any atom is -0.508 e. The fourth-order valence-electron chi connectivity index (χ4n) is 2.14. The van der Waals surface area contributed by atoms with Crippen LogP contribution >= 0.6 is 0 Å². The van der Waals surface area contributed by atoms with Crippen molar-refractivity contribution < 1.29 is 47.0 Å². The normalized spacial score (nSPS) is 10.4. The molecule has 1 heterocycles. The molecule has 0 unspecified atom stereocenters. The number of aromatic hydroxyl groups is 5. The number of phenolic OH excluding ortho intramolecular Hbond substituents is 4. The Balaban J connectivity index is 0.00000192. The quantitative estimate of drug-likeness (QED) is 0.332. The molecule has 0 amide bonds. The molecule has 119 valence electrons. The van der Waals surface area contributed by atoms with Crippen molar-refractivity contribution in [1.82, 2.24) is 0 Å². The first-order valence-electron chi connectivity index (χ1n) is 6.12. The maximum Gasteiger partial charge on any atom is 0.238 e. The second-order valence-corrected chi connectivity index (χ2v) is 4.65. The zero-order valence-electron chi connectivity index (χ0n) is 11.3. The Labute approximate surface area is 139 Å². The molecule has 8 heteroatoms. The van der Waals surface area contributed by atoms with Gasteiger partial charge in [0.15, 0.2) is 17.3 Å². The second kappa shape index (κ2) is 5.75. The molecule has 1 aromatic heterocycles. The summed E-state index contributed by atoms with van der Waals surface area (Å²) in [5.41, 5.74) is -0.890. The Hall–Kier alpha value is -2.83. The first kappa shape index (κ1) is 16.5. The zero-order valence-corrected chi connectivity index (χ0v) is 12.5. The molecule has 1 radical (unpaired) electrons. The van der Waals surface area contributed by atoms with Gasteiger partial charge in [-0.25, -0.2) is 0 Å². The number of rotatable bonds is 1. The van der Waals surface area contributed by atoms with Crippen LogP contribution in [0.3, 0.4) is 0 Å². The molecule has 2 aromatic carbocycles. The van der Waals surface area contributed by atoms with Crippen molar-refractivity contribution in [3.63, 3.8) is 0 Å². The fraction of sp³-hybridized carbons (Fsp3) is 0. The van der Waals surface area contributed by atoms with Gasteiger partial charge in [-0.15, -0.1) is 0 Å². The third kappa shape index (κ3) is 2.65. The molecular weight excluding hydrogens is 347 g/mol. The molecule has 0 saturated heterocycles. The van der Waals surface area contributed by atoms with Gasteiger partial charge in [-0.05, 0) is 18.2 Å². The van der Waals surface area contributed by atoms with E-state index in [-0.39, 0.29) is 50.9 Å². The summed E-state index contributed by atoms with van der Waals surface area (Å²) in [6.45, 7) is 0. The number of fused-ring (bicyclic) bond motifs is 1. The summed E-state index contributed by atoms with van der Waals surface area (Å²) in [5.74, 6) is -2.71.